The topological polar surface area (TPSA) is 103 Å². The number of aliphatic hydroxyl groups excluding tert-OH is 1. The van der Waals surface area contributed by atoms with E-state index in [-0.39, 0.29) is 18.3 Å². The van der Waals surface area contributed by atoms with E-state index in [4.69, 9.17) is 18.9 Å². The van der Waals surface area contributed by atoms with Gasteiger partial charge < -0.3 is 29.4 Å². The number of fused-ring (bicyclic) bond motifs is 1. The molecule has 0 bridgehead atoms. The van der Waals surface area contributed by atoms with Gasteiger partial charge in [-0.3, -0.25) is 9.59 Å². The number of benzene rings is 3. The first-order chi connectivity index (χ1) is 18.5. The Morgan fingerprint density at radius 3 is 2.32 bits per heavy atom. The van der Waals surface area contributed by atoms with Crippen LogP contribution in [0.4, 0.5) is 0 Å². The summed E-state index contributed by atoms with van der Waals surface area (Å²) in [6.07, 6.45) is -0.838. The minimum Gasteiger partial charge on any atom is -0.463 e. The Kier molecular flexibility index (Phi) is 7.95. The number of ether oxygens (including phenoxy) is 4. The molecule has 2 fully saturated rings. The second-order valence-corrected chi connectivity index (χ2v) is 9.19. The molecule has 1 amide bonds. The van der Waals surface area contributed by atoms with Crippen LogP contribution in [0.1, 0.15) is 34.7 Å². The third kappa shape index (κ3) is 6.00. The van der Waals surface area contributed by atoms with Crippen molar-refractivity contribution < 1.29 is 33.6 Å². The van der Waals surface area contributed by atoms with Crippen LogP contribution in [0.2, 0.25) is 0 Å². The zero-order valence-corrected chi connectivity index (χ0v) is 20.8. The van der Waals surface area contributed by atoms with Crippen LogP contribution in [-0.2, 0) is 19.0 Å². The maximum absolute atomic E-state index is 12.6. The molecule has 6 unspecified atom stereocenters. The number of ketones is 1. The van der Waals surface area contributed by atoms with Crippen molar-refractivity contribution in [3.63, 3.8) is 0 Å². The van der Waals surface area contributed by atoms with Crippen molar-refractivity contribution in [1.82, 2.24) is 5.32 Å². The molecular formula is C30H29NO7. The van der Waals surface area contributed by atoms with E-state index in [9.17, 15) is 14.7 Å². The molecule has 3 aromatic carbocycles. The van der Waals surface area contributed by atoms with Gasteiger partial charge in [0.1, 0.15) is 30.1 Å². The van der Waals surface area contributed by atoms with E-state index in [1.807, 2.05) is 60.7 Å². The Morgan fingerprint density at radius 1 is 0.947 bits per heavy atom. The quantitative estimate of drug-likeness (QED) is 0.366. The smallest absolute Gasteiger partial charge is 0.223 e. The van der Waals surface area contributed by atoms with Gasteiger partial charge in [0.15, 0.2) is 12.1 Å². The molecule has 2 aliphatic heterocycles. The molecule has 196 valence electrons. The molecule has 3 aromatic rings. The molecule has 0 radical (unpaired) electrons. The molecule has 0 spiro atoms. The summed E-state index contributed by atoms with van der Waals surface area (Å²) in [4.78, 5) is 24.5. The van der Waals surface area contributed by atoms with Crippen LogP contribution < -0.4 is 10.1 Å². The van der Waals surface area contributed by atoms with Gasteiger partial charge in [-0.25, -0.2) is 0 Å². The lowest BCUT2D eigenvalue weighted by Crippen LogP contribution is -2.67. The number of carbonyl (C=O) groups excluding carboxylic acids is 2. The van der Waals surface area contributed by atoms with Gasteiger partial charge in [-0.15, -0.1) is 0 Å². The van der Waals surface area contributed by atoms with E-state index in [1.165, 1.54) is 13.0 Å². The van der Waals surface area contributed by atoms with Crippen LogP contribution in [-0.4, -0.2) is 54.0 Å². The summed E-state index contributed by atoms with van der Waals surface area (Å²) in [7, 11) is 0. The van der Waals surface area contributed by atoms with Gasteiger partial charge in [0, 0.05) is 18.1 Å². The van der Waals surface area contributed by atoms with Crippen LogP contribution in [0.15, 0.2) is 91.0 Å². The summed E-state index contributed by atoms with van der Waals surface area (Å²) in [5.74, 6) is -0.0740. The SMILES string of the molecule is CC(=O)NC1C(Oc2ccc(C(=O)C=Cc3ccccc3)cc2)OC2COC(c3ccccc3)OC2C1O. The van der Waals surface area contributed by atoms with Crippen molar-refractivity contribution in [2.45, 2.75) is 43.9 Å². The first-order valence-corrected chi connectivity index (χ1v) is 12.4. The number of carbonyl (C=O) groups is 2. The lowest BCUT2D eigenvalue weighted by molar-refractivity contribution is -0.333. The van der Waals surface area contributed by atoms with Crippen molar-refractivity contribution >= 4 is 17.8 Å². The number of rotatable bonds is 7. The lowest BCUT2D eigenvalue weighted by Gasteiger charge is -2.47. The van der Waals surface area contributed by atoms with Gasteiger partial charge in [-0.1, -0.05) is 66.7 Å². The van der Waals surface area contributed by atoms with Gasteiger partial charge in [-0.05, 0) is 35.9 Å². The van der Waals surface area contributed by atoms with Gasteiger partial charge in [0.25, 0.3) is 0 Å². The predicted molar refractivity (Wildman–Crippen MR) is 139 cm³/mol. The summed E-state index contributed by atoms with van der Waals surface area (Å²) in [5.41, 5.74) is 2.25. The Balaban J connectivity index is 1.27. The summed E-state index contributed by atoms with van der Waals surface area (Å²) < 4.78 is 24.0. The number of amides is 1. The monoisotopic (exact) mass is 515 g/mol. The Labute approximate surface area is 220 Å². The highest BCUT2D eigenvalue weighted by Crippen LogP contribution is 2.34. The van der Waals surface area contributed by atoms with Crippen molar-refractivity contribution in [3.8, 4) is 5.75 Å². The van der Waals surface area contributed by atoms with E-state index < -0.39 is 36.9 Å². The molecule has 6 atom stereocenters. The summed E-state index contributed by atoms with van der Waals surface area (Å²) >= 11 is 0. The van der Waals surface area contributed by atoms with Crippen LogP contribution >= 0.6 is 0 Å². The lowest BCUT2D eigenvalue weighted by atomic mass is 9.95. The van der Waals surface area contributed by atoms with Gasteiger partial charge >= 0.3 is 0 Å². The minimum absolute atomic E-state index is 0.145. The molecule has 38 heavy (non-hydrogen) atoms. The van der Waals surface area contributed by atoms with E-state index >= 15 is 0 Å². The average molecular weight is 516 g/mol. The highest BCUT2D eigenvalue weighted by Gasteiger charge is 2.50. The standard InChI is InChI=1S/C30H29NO7/c1-19(32)31-26-27(34)28-25(18-35-29(38-28)22-10-6-3-7-11-22)37-30(26)36-23-15-13-21(14-16-23)24(33)17-12-20-8-4-2-5-9-20/h2-17,25-30,34H,18H2,1H3,(H,31,32). The Hall–Kier alpha value is -3.82. The highest BCUT2D eigenvalue weighted by molar-refractivity contribution is 6.06. The minimum atomic E-state index is -1.11. The van der Waals surface area contributed by atoms with E-state index in [0.717, 1.165) is 11.1 Å². The maximum atomic E-state index is 12.6. The molecule has 0 aliphatic carbocycles. The van der Waals surface area contributed by atoms with Crippen molar-refractivity contribution in [3.05, 3.63) is 108 Å². The van der Waals surface area contributed by atoms with Crippen LogP contribution in [0.3, 0.4) is 0 Å². The first-order valence-electron chi connectivity index (χ1n) is 12.4. The van der Waals surface area contributed by atoms with Crippen molar-refractivity contribution in [2.75, 3.05) is 6.61 Å². The van der Waals surface area contributed by atoms with Crippen LogP contribution in [0.25, 0.3) is 6.08 Å². The molecule has 2 heterocycles. The number of hydrogen-bond donors (Lipinski definition) is 2. The van der Waals surface area contributed by atoms with E-state index in [2.05, 4.69) is 5.32 Å². The average Bonchev–Trinajstić information content (AvgIpc) is 2.95. The third-order valence-electron chi connectivity index (χ3n) is 6.43. The summed E-state index contributed by atoms with van der Waals surface area (Å²) in [5, 5.41) is 13.9. The number of nitrogens with one attached hydrogen (secondary N) is 1. The molecule has 2 aliphatic rings. The van der Waals surface area contributed by atoms with Gasteiger partial charge in [-0.2, -0.15) is 0 Å². The number of hydrogen-bond acceptors (Lipinski definition) is 7. The highest BCUT2D eigenvalue weighted by atomic mass is 16.7. The summed E-state index contributed by atoms with van der Waals surface area (Å²) in [6, 6.07) is 24.7. The largest absolute Gasteiger partial charge is 0.463 e. The first kappa shape index (κ1) is 25.8. The van der Waals surface area contributed by atoms with E-state index in [0.29, 0.717) is 11.3 Å². The predicted octanol–water partition coefficient (Wildman–Crippen LogP) is 3.67. The van der Waals surface area contributed by atoms with Crippen molar-refractivity contribution in [1.29, 1.82) is 0 Å². The molecule has 8 heteroatoms. The maximum Gasteiger partial charge on any atom is 0.223 e. The molecule has 0 aromatic heterocycles. The molecule has 0 saturated carbocycles. The Bertz CT molecular complexity index is 1260. The molecule has 2 saturated heterocycles. The number of aliphatic hydroxyl groups is 1. The van der Waals surface area contributed by atoms with Gasteiger partial charge in [0.05, 0.1) is 6.61 Å². The number of allylic oxidation sites excluding steroid dienone is 1. The van der Waals surface area contributed by atoms with E-state index in [1.54, 1.807) is 30.3 Å². The molecular weight excluding hydrogens is 486 g/mol. The molecule has 2 N–H and O–H groups in total. The van der Waals surface area contributed by atoms with Crippen LogP contribution in [0, 0.1) is 0 Å². The normalized spacial score (nSPS) is 26.9. The third-order valence-corrected chi connectivity index (χ3v) is 6.43. The summed E-state index contributed by atoms with van der Waals surface area (Å²) in [6.45, 7) is 1.53. The van der Waals surface area contributed by atoms with Gasteiger partial charge in [0.2, 0.25) is 12.2 Å². The second kappa shape index (κ2) is 11.7. The fourth-order valence-electron chi connectivity index (χ4n) is 4.52. The zero-order valence-electron chi connectivity index (χ0n) is 20.8. The second-order valence-electron chi connectivity index (χ2n) is 9.19. The van der Waals surface area contributed by atoms with Crippen LogP contribution in [0.5, 0.6) is 5.75 Å². The molecule has 8 nitrogen and oxygen atoms in total. The van der Waals surface area contributed by atoms with Crippen molar-refractivity contribution in [2.24, 2.45) is 0 Å². The fraction of sp³-hybridized carbons (Fsp3) is 0.267. The zero-order chi connectivity index (χ0) is 26.5. The fourth-order valence-corrected chi connectivity index (χ4v) is 4.52. The molecule has 5 rings (SSSR count). The Morgan fingerprint density at radius 2 is 1.63 bits per heavy atom.